The summed E-state index contributed by atoms with van der Waals surface area (Å²) in [5, 5.41) is 10.6. The maximum absolute atomic E-state index is 12.5. The van der Waals surface area contributed by atoms with E-state index in [9.17, 15) is 4.79 Å². The summed E-state index contributed by atoms with van der Waals surface area (Å²) in [4.78, 5) is 17.1. The molecule has 4 rings (SSSR count). The number of benzene rings is 1. The summed E-state index contributed by atoms with van der Waals surface area (Å²) in [6, 6.07) is 10.7. The van der Waals surface area contributed by atoms with Crippen LogP contribution in [0.4, 0.5) is 0 Å². The lowest BCUT2D eigenvalue weighted by Gasteiger charge is -2.27. The van der Waals surface area contributed by atoms with Gasteiger partial charge in [-0.3, -0.25) is 9.69 Å². The standard InChI is InChI=1S/C19H22N4O2S/c1-12(2)23-9-3-4-16(23)17-7-8-18(26-17)19(24)20-11-13-5-6-14-15(10-13)22-25-21-14/h5-8,10,12,16H,3-4,9,11H2,1-2H3,(H,20,24). The average Bonchev–Trinajstić information content (AvgIpc) is 3.38. The average molecular weight is 370 g/mol. The number of rotatable bonds is 5. The van der Waals surface area contributed by atoms with Crippen LogP contribution in [0.2, 0.25) is 0 Å². The molecule has 6 nitrogen and oxygen atoms in total. The second-order valence-corrected chi connectivity index (χ2v) is 8.08. The van der Waals surface area contributed by atoms with Gasteiger partial charge in [0, 0.05) is 23.5 Å². The Labute approximate surface area is 156 Å². The fraction of sp³-hybridized carbons (Fsp3) is 0.421. The fourth-order valence-electron chi connectivity index (χ4n) is 3.57. The first-order valence-corrected chi connectivity index (χ1v) is 9.78. The van der Waals surface area contributed by atoms with Gasteiger partial charge in [0.05, 0.1) is 4.88 Å². The zero-order chi connectivity index (χ0) is 18.1. The number of carbonyl (C=O) groups excluding carboxylic acids is 1. The summed E-state index contributed by atoms with van der Waals surface area (Å²) in [6.07, 6.45) is 2.40. The van der Waals surface area contributed by atoms with Crippen LogP contribution in [-0.2, 0) is 6.54 Å². The number of amides is 1. The number of carbonyl (C=O) groups is 1. The normalized spacial score (nSPS) is 18.0. The Bertz CT molecular complexity index is 917. The van der Waals surface area contributed by atoms with E-state index in [-0.39, 0.29) is 5.91 Å². The maximum Gasteiger partial charge on any atom is 0.261 e. The number of thiophene rings is 1. The van der Waals surface area contributed by atoms with Gasteiger partial charge in [0.2, 0.25) is 0 Å². The van der Waals surface area contributed by atoms with E-state index >= 15 is 0 Å². The SMILES string of the molecule is CC(C)N1CCCC1c1ccc(C(=O)NCc2ccc3nonc3c2)s1. The lowest BCUT2D eigenvalue weighted by atomic mass is 10.1. The first-order valence-electron chi connectivity index (χ1n) is 8.96. The number of nitrogens with zero attached hydrogens (tertiary/aromatic N) is 3. The lowest BCUT2D eigenvalue weighted by molar-refractivity contribution is 0.0955. The van der Waals surface area contributed by atoms with Crippen LogP contribution in [0.25, 0.3) is 11.0 Å². The van der Waals surface area contributed by atoms with Gasteiger partial charge in [-0.25, -0.2) is 4.63 Å². The third kappa shape index (κ3) is 3.37. The van der Waals surface area contributed by atoms with E-state index in [4.69, 9.17) is 4.63 Å². The predicted octanol–water partition coefficient (Wildman–Crippen LogP) is 3.76. The molecule has 1 atom stereocenters. The number of fused-ring (bicyclic) bond motifs is 1. The Morgan fingerprint density at radius 1 is 1.31 bits per heavy atom. The number of likely N-dealkylation sites (tertiary alicyclic amines) is 1. The molecule has 1 amide bonds. The Balaban J connectivity index is 1.41. The molecule has 0 spiro atoms. The Morgan fingerprint density at radius 2 is 2.15 bits per heavy atom. The van der Waals surface area contributed by atoms with Gasteiger partial charge in [-0.05, 0) is 73.4 Å². The number of aromatic nitrogens is 2. The second kappa shape index (κ2) is 7.17. The van der Waals surface area contributed by atoms with Crippen molar-refractivity contribution < 1.29 is 9.42 Å². The fourth-order valence-corrected chi connectivity index (χ4v) is 4.65. The summed E-state index contributed by atoms with van der Waals surface area (Å²) in [6.45, 7) is 6.07. The van der Waals surface area contributed by atoms with E-state index in [0.29, 0.717) is 29.7 Å². The molecule has 0 bridgehead atoms. The highest BCUT2D eigenvalue weighted by Crippen LogP contribution is 2.37. The molecular weight excluding hydrogens is 348 g/mol. The molecule has 0 saturated carbocycles. The van der Waals surface area contributed by atoms with Gasteiger partial charge in [-0.15, -0.1) is 11.3 Å². The minimum absolute atomic E-state index is 0.0336. The molecule has 1 N–H and O–H groups in total. The maximum atomic E-state index is 12.5. The molecule has 136 valence electrons. The molecule has 1 saturated heterocycles. The lowest BCUT2D eigenvalue weighted by Crippen LogP contribution is -2.29. The highest BCUT2D eigenvalue weighted by atomic mass is 32.1. The van der Waals surface area contributed by atoms with Crippen molar-refractivity contribution in [2.24, 2.45) is 0 Å². The van der Waals surface area contributed by atoms with Crippen LogP contribution in [-0.4, -0.2) is 33.7 Å². The molecule has 0 aliphatic carbocycles. The van der Waals surface area contributed by atoms with Crippen LogP contribution in [0.1, 0.15) is 52.8 Å². The van der Waals surface area contributed by atoms with Crippen molar-refractivity contribution in [3.63, 3.8) is 0 Å². The first kappa shape index (κ1) is 17.2. The molecule has 1 fully saturated rings. The molecule has 1 aliphatic rings. The van der Waals surface area contributed by atoms with Crippen molar-refractivity contribution >= 4 is 28.3 Å². The topological polar surface area (TPSA) is 71.3 Å². The van der Waals surface area contributed by atoms with Crippen molar-refractivity contribution in [3.8, 4) is 0 Å². The number of nitrogens with one attached hydrogen (secondary N) is 1. The quantitative estimate of drug-likeness (QED) is 0.740. The molecule has 1 unspecified atom stereocenters. The summed E-state index contributed by atoms with van der Waals surface area (Å²) in [5.74, 6) is -0.0336. The summed E-state index contributed by atoms with van der Waals surface area (Å²) < 4.78 is 4.70. The minimum atomic E-state index is -0.0336. The van der Waals surface area contributed by atoms with Gasteiger partial charge >= 0.3 is 0 Å². The van der Waals surface area contributed by atoms with Crippen LogP contribution in [0.5, 0.6) is 0 Å². The minimum Gasteiger partial charge on any atom is -0.347 e. The number of hydrogen-bond donors (Lipinski definition) is 1. The van der Waals surface area contributed by atoms with Crippen LogP contribution in [0.3, 0.4) is 0 Å². The van der Waals surface area contributed by atoms with Crippen LogP contribution >= 0.6 is 11.3 Å². The highest BCUT2D eigenvalue weighted by molar-refractivity contribution is 7.14. The monoisotopic (exact) mass is 370 g/mol. The van der Waals surface area contributed by atoms with E-state index in [0.717, 1.165) is 17.0 Å². The molecule has 1 aliphatic heterocycles. The van der Waals surface area contributed by atoms with Crippen molar-refractivity contribution in [1.29, 1.82) is 0 Å². The van der Waals surface area contributed by atoms with Gasteiger partial charge in [0.15, 0.2) is 0 Å². The molecule has 2 aromatic heterocycles. The molecular formula is C19H22N4O2S. The largest absolute Gasteiger partial charge is 0.347 e. The summed E-state index contributed by atoms with van der Waals surface area (Å²) in [5.41, 5.74) is 2.39. The zero-order valence-electron chi connectivity index (χ0n) is 14.9. The van der Waals surface area contributed by atoms with Gasteiger partial charge in [-0.2, -0.15) is 0 Å². The van der Waals surface area contributed by atoms with Gasteiger partial charge < -0.3 is 5.32 Å². The van der Waals surface area contributed by atoms with E-state index in [2.05, 4.69) is 40.4 Å². The Hall–Kier alpha value is -2.25. The molecule has 3 heterocycles. The predicted molar refractivity (Wildman–Crippen MR) is 101 cm³/mol. The Kier molecular flexibility index (Phi) is 4.74. The van der Waals surface area contributed by atoms with Gasteiger partial charge in [0.1, 0.15) is 11.0 Å². The van der Waals surface area contributed by atoms with Gasteiger partial charge in [-0.1, -0.05) is 6.07 Å². The van der Waals surface area contributed by atoms with Crippen molar-refractivity contribution in [1.82, 2.24) is 20.5 Å². The zero-order valence-corrected chi connectivity index (χ0v) is 15.8. The first-order chi connectivity index (χ1) is 12.6. The molecule has 3 aromatic rings. The molecule has 1 aromatic carbocycles. The molecule has 7 heteroatoms. The van der Waals surface area contributed by atoms with E-state index in [1.165, 1.54) is 17.7 Å². The molecule has 0 radical (unpaired) electrons. The Morgan fingerprint density at radius 3 is 3.00 bits per heavy atom. The molecule has 26 heavy (non-hydrogen) atoms. The highest BCUT2D eigenvalue weighted by Gasteiger charge is 2.29. The van der Waals surface area contributed by atoms with Crippen LogP contribution in [0, 0.1) is 0 Å². The van der Waals surface area contributed by atoms with Crippen molar-refractivity contribution in [2.45, 2.75) is 45.3 Å². The van der Waals surface area contributed by atoms with E-state index < -0.39 is 0 Å². The van der Waals surface area contributed by atoms with Crippen LogP contribution < -0.4 is 5.32 Å². The van der Waals surface area contributed by atoms with E-state index in [1.807, 2.05) is 24.3 Å². The van der Waals surface area contributed by atoms with Crippen LogP contribution in [0.15, 0.2) is 35.0 Å². The second-order valence-electron chi connectivity index (χ2n) is 6.96. The summed E-state index contributed by atoms with van der Waals surface area (Å²) >= 11 is 1.61. The van der Waals surface area contributed by atoms with Crippen molar-refractivity contribution in [2.75, 3.05) is 6.54 Å². The smallest absolute Gasteiger partial charge is 0.261 e. The van der Waals surface area contributed by atoms with Gasteiger partial charge in [0.25, 0.3) is 5.91 Å². The van der Waals surface area contributed by atoms with E-state index in [1.54, 1.807) is 11.3 Å². The number of hydrogen-bond acceptors (Lipinski definition) is 6. The van der Waals surface area contributed by atoms with Crippen molar-refractivity contribution in [3.05, 3.63) is 45.6 Å². The third-order valence-electron chi connectivity index (χ3n) is 4.91. The third-order valence-corrected chi connectivity index (χ3v) is 6.09. The summed E-state index contributed by atoms with van der Waals surface area (Å²) in [7, 11) is 0.